The summed E-state index contributed by atoms with van der Waals surface area (Å²) >= 11 is 5.81. The van der Waals surface area contributed by atoms with Gasteiger partial charge in [-0.25, -0.2) is 8.78 Å². The highest BCUT2D eigenvalue weighted by atomic mass is 35.5. The average molecular weight is 381 g/mol. The topological polar surface area (TPSA) is 58.2 Å². The first kappa shape index (κ1) is 19.8. The third kappa shape index (κ3) is 5.02. The van der Waals surface area contributed by atoms with Crippen molar-refractivity contribution in [2.24, 2.45) is 5.92 Å². The van der Waals surface area contributed by atoms with Crippen LogP contribution in [0.15, 0.2) is 42.5 Å². The van der Waals surface area contributed by atoms with Crippen molar-refractivity contribution in [3.8, 4) is 0 Å². The van der Waals surface area contributed by atoms with E-state index in [2.05, 4.69) is 10.6 Å². The number of benzene rings is 2. The summed E-state index contributed by atoms with van der Waals surface area (Å²) < 4.78 is 27.5. The van der Waals surface area contributed by atoms with Crippen molar-refractivity contribution in [2.45, 2.75) is 26.4 Å². The second-order valence-corrected chi connectivity index (χ2v) is 6.57. The van der Waals surface area contributed by atoms with Crippen molar-refractivity contribution in [2.75, 3.05) is 0 Å². The van der Waals surface area contributed by atoms with E-state index in [1.54, 1.807) is 38.1 Å². The standard InChI is InChI=1S/C19H19ClF2N2O2/c1-11(2)17(19(26)23-10-12-6-8-13(20)9-7-12)24-18(25)16-14(21)4-3-5-15(16)22/h3-9,11,17H,10H2,1-2H3,(H,23,26)(H,24,25). The van der Waals surface area contributed by atoms with E-state index >= 15 is 0 Å². The fourth-order valence-electron chi connectivity index (χ4n) is 2.36. The van der Waals surface area contributed by atoms with E-state index in [9.17, 15) is 18.4 Å². The zero-order valence-electron chi connectivity index (χ0n) is 14.4. The Hall–Kier alpha value is -2.47. The Morgan fingerprint density at radius 2 is 1.62 bits per heavy atom. The van der Waals surface area contributed by atoms with Crippen LogP contribution >= 0.6 is 11.6 Å². The van der Waals surface area contributed by atoms with Crippen molar-refractivity contribution in [3.05, 3.63) is 70.2 Å². The van der Waals surface area contributed by atoms with Gasteiger partial charge in [0, 0.05) is 11.6 Å². The Morgan fingerprint density at radius 1 is 1.04 bits per heavy atom. The highest BCUT2D eigenvalue weighted by Crippen LogP contribution is 2.14. The number of nitrogens with one attached hydrogen (secondary N) is 2. The molecule has 2 aromatic carbocycles. The molecule has 0 spiro atoms. The quantitative estimate of drug-likeness (QED) is 0.803. The lowest BCUT2D eigenvalue weighted by Crippen LogP contribution is -2.49. The molecule has 0 saturated heterocycles. The Morgan fingerprint density at radius 3 is 2.15 bits per heavy atom. The molecule has 0 aliphatic heterocycles. The van der Waals surface area contributed by atoms with Gasteiger partial charge in [0.1, 0.15) is 23.2 Å². The van der Waals surface area contributed by atoms with Gasteiger partial charge in [0.25, 0.3) is 5.91 Å². The van der Waals surface area contributed by atoms with Crippen molar-refractivity contribution in [3.63, 3.8) is 0 Å². The average Bonchev–Trinajstić information content (AvgIpc) is 2.58. The van der Waals surface area contributed by atoms with Gasteiger partial charge in [0.05, 0.1) is 0 Å². The lowest BCUT2D eigenvalue weighted by Gasteiger charge is -2.22. The third-order valence-electron chi connectivity index (χ3n) is 3.81. The molecule has 2 N–H and O–H groups in total. The molecule has 0 aromatic heterocycles. The largest absolute Gasteiger partial charge is 0.350 e. The van der Waals surface area contributed by atoms with Crippen LogP contribution in [0.3, 0.4) is 0 Å². The molecular formula is C19H19ClF2N2O2. The molecule has 0 fully saturated rings. The predicted molar refractivity (Wildman–Crippen MR) is 95.7 cm³/mol. The molecule has 0 bridgehead atoms. The second kappa shape index (κ2) is 8.76. The fourth-order valence-corrected chi connectivity index (χ4v) is 2.49. The van der Waals surface area contributed by atoms with Crippen LogP contribution in [0.2, 0.25) is 5.02 Å². The van der Waals surface area contributed by atoms with Gasteiger partial charge in [-0.2, -0.15) is 0 Å². The van der Waals surface area contributed by atoms with E-state index in [-0.39, 0.29) is 12.5 Å². The van der Waals surface area contributed by atoms with Crippen molar-refractivity contribution >= 4 is 23.4 Å². The minimum Gasteiger partial charge on any atom is -0.350 e. The van der Waals surface area contributed by atoms with Crippen LogP contribution in [-0.2, 0) is 11.3 Å². The molecule has 0 radical (unpaired) electrons. The molecule has 138 valence electrons. The van der Waals surface area contributed by atoms with Crippen LogP contribution < -0.4 is 10.6 Å². The number of hydrogen-bond donors (Lipinski definition) is 2. The number of carbonyl (C=O) groups is 2. The molecule has 2 aromatic rings. The summed E-state index contributed by atoms with van der Waals surface area (Å²) in [4.78, 5) is 24.7. The second-order valence-electron chi connectivity index (χ2n) is 6.14. The van der Waals surface area contributed by atoms with Gasteiger partial charge < -0.3 is 10.6 Å². The lowest BCUT2D eigenvalue weighted by atomic mass is 10.0. The maximum Gasteiger partial charge on any atom is 0.257 e. The Labute approximate surface area is 155 Å². The smallest absolute Gasteiger partial charge is 0.257 e. The van der Waals surface area contributed by atoms with E-state index in [1.165, 1.54) is 6.07 Å². The van der Waals surface area contributed by atoms with Gasteiger partial charge in [-0.15, -0.1) is 0 Å². The molecule has 0 heterocycles. The summed E-state index contributed by atoms with van der Waals surface area (Å²) in [6, 6.07) is 9.14. The van der Waals surface area contributed by atoms with Crippen molar-refractivity contribution in [1.29, 1.82) is 0 Å². The van der Waals surface area contributed by atoms with Crippen LogP contribution in [0.25, 0.3) is 0 Å². The Bertz CT molecular complexity index is 774. The minimum atomic E-state index is -0.980. The van der Waals surface area contributed by atoms with Crippen molar-refractivity contribution in [1.82, 2.24) is 10.6 Å². The minimum absolute atomic E-state index is 0.239. The van der Waals surface area contributed by atoms with Gasteiger partial charge in [-0.1, -0.05) is 43.6 Å². The maximum absolute atomic E-state index is 13.7. The van der Waals surface area contributed by atoms with E-state index in [0.717, 1.165) is 17.7 Å². The highest BCUT2D eigenvalue weighted by molar-refractivity contribution is 6.30. The molecule has 1 unspecified atom stereocenters. The van der Waals surface area contributed by atoms with Gasteiger partial charge in [0.2, 0.25) is 5.91 Å². The molecule has 26 heavy (non-hydrogen) atoms. The first-order chi connectivity index (χ1) is 12.3. The van der Waals surface area contributed by atoms with Crippen LogP contribution in [-0.4, -0.2) is 17.9 Å². The molecule has 2 rings (SSSR count). The summed E-state index contributed by atoms with van der Waals surface area (Å²) in [5.41, 5.74) is 0.125. The van der Waals surface area contributed by atoms with E-state index in [4.69, 9.17) is 11.6 Å². The maximum atomic E-state index is 13.7. The Kier molecular flexibility index (Phi) is 6.69. The van der Waals surface area contributed by atoms with Crippen LogP contribution in [0.1, 0.15) is 29.8 Å². The number of rotatable bonds is 6. The molecule has 0 saturated carbocycles. The fraction of sp³-hybridized carbons (Fsp3) is 0.263. The molecule has 0 aliphatic rings. The van der Waals surface area contributed by atoms with Crippen LogP contribution in [0.4, 0.5) is 8.78 Å². The molecular weight excluding hydrogens is 362 g/mol. The monoisotopic (exact) mass is 380 g/mol. The van der Waals surface area contributed by atoms with Gasteiger partial charge in [0.15, 0.2) is 0 Å². The zero-order valence-corrected chi connectivity index (χ0v) is 15.1. The molecule has 4 nitrogen and oxygen atoms in total. The predicted octanol–water partition coefficient (Wildman–Crippen LogP) is 3.69. The molecule has 1 atom stereocenters. The summed E-state index contributed by atoms with van der Waals surface area (Å²) in [6.45, 7) is 3.69. The molecule has 0 aliphatic carbocycles. The molecule has 7 heteroatoms. The first-order valence-electron chi connectivity index (χ1n) is 8.06. The number of halogens is 3. The number of hydrogen-bond acceptors (Lipinski definition) is 2. The summed E-state index contributed by atoms with van der Waals surface area (Å²) in [5.74, 6) is -3.65. The summed E-state index contributed by atoms with van der Waals surface area (Å²) in [6.07, 6.45) is 0. The summed E-state index contributed by atoms with van der Waals surface area (Å²) in [7, 11) is 0. The zero-order chi connectivity index (χ0) is 19.3. The van der Waals surface area contributed by atoms with E-state index < -0.39 is 35.1 Å². The lowest BCUT2D eigenvalue weighted by molar-refractivity contribution is -0.124. The van der Waals surface area contributed by atoms with E-state index in [1.807, 2.05) is 0 Å². The number of carbonyl (C=O) groups excluding carboxylic acids is 2. The molecule has 2 amide bonds. The van der Waals surface area contributed by atoms with Gasteiger partial charge in [-0.3, -0.25) is 9.59 Å². The van der Waals surface area contributed by atoms with E-state index in [0.29, 0.717) is 5.02 Å². The normalized spacial score (nSPS) is 11.9. The van der Waals surface area contributed by atoms with Gasteiger partial charge >= 0.3 is 0 Å². The van der Waals surface area contributed by atoms with Gasteiger partial charge in [-0.05, 0) is 35.7 Å². The van der Waals surface area contributed by atoms with Crippen molar-refractivity contribution < 1.29 is 18.4 Å². The highest BCUT2D eigenvalue weighted by Gasteiger charge is 2.27. The summed E-state index contributed by atoms with van der Waals surface area (Å²) in [5, 5.41) is 5.69. The van der Waals surface area contributed by atoms with Crippen LogP contribution in [0, 0.1) is 17.6 Å². The number of amides is 2. The third-order valence-corrected chi connectivity index (χ3v) is 4.06. The SMILES string of the molecule is CC(C)C(NC(=O)c1c(F)cccc1F)C(=O)NCc1ccc(Cl)cc1. The Balaban J connectivity index is 2.06. The first-order valence-corrected chi connectivity index (χ1v) is 8.44. The van der Waals surface area contributed by atoms with Crippen LogP contribution in [0.5, 0.6) is 0 Å².